The van der Waals surface area contributed by atoms with Crippen LogP contribution in [0.3, 0.4) is 0 Å². The maximum atomic E-state index is 5.71. The van der Waals surface area contributed by atoms with Crippen LogP contribution in [0.1, 0.15) is 19.4 Å². The molecule has 0 amide bonds. The van der Waals surface area contributed by atoms with Crippen LogP contribution in [0.25, 0.3) is 0 Å². The molecule has 0 bridgehead atoms. The van der Waals surface area contributed by atoms with Crippen molar-refractivity contribution >= 4 is 0 Å². The van der Waals surface area contributed by atoms with Gasteiger partial charge in [0, 0.05) is 17.5 Å². The van der Waals surface area contributed by atoms with Gasteiger partial charge in [-0.25, -0.2) is 0 Å². The zero-order chi connectivity index (χ0) is 9.90. The molecule has 1 aromatic carbocycles. The van der Waals surface area contributed by atoms with Crippen molar-refractivity contribution in [1.29, 1.82) is 0 Å². The molecule has 0 aliphatic heterocycles. The molecule has 1 aromatic rings. The van der Waals surface area contributed by atoms with Crippen molar-refractivity contribution in [3.8, 4) is 5.75 Å². The fourth-order valence-electron chi connectivity index (χ4n) is 1.31. The van der Waals surface area contributed by atoms with E-state index < -0.39 is 0 Å². The molecule has 0 fully saturated rings. The fourth-order valence-corrected chi connectivity index (χ4v) is 1.31. The molecule has 0 saturated carbocycles. The number of benzene rings is 1. The lowest BCUT2D eigenvalue weighted by atomic mass is 9.84. The van der Waals surface area contributed by atoms with Gasteiger partial charge in [0.05, 0.1) is 7.11 Å². The lowest BCUT2D eigenvalue weighted by Gasteiger charge is -2.24. The predicted molar refractivity (Wildman–Crippen MR) is 55.1 cm³/mol. The molecule has 0 saturated heterocycles. The summed E-state index contributed by atoms with van der Waals surface area (Å²) >= 11 is 0. The lowest BCUT2D eigenvalue weighted by Crippen LogP contribution is -2.28. The molecule has 1 rings (SSSR count). The first kappa shape index (κ1) is 10.1. The van der Waals surface area contributed by atoms with Gasteiger partial charge in [-0.1, -0.05) is 32.0 Å². The van der Waals surface area contributed by atoms with Gasteiger partial charge in [0.15, 0.2) is 0 Å². The number of ether oxygens (including phenoxy) is 1. The summed E-state index contributed by atoms with van der Waals surface area (Å²) in [6, 6.07) is 8.00. The van der Waals surface area contributed by atoms with Crippen molar-refractivity contribution in [2.75, 3.05) is 13.7 Å². The summed E-state index contributed by atoms with van der Waals surface area (Å²) in [5.74, 6) is 0.915. The van der Waals surface area contributed by atoms with Crippen molar-refractivity contribution in [3.63, 3.8) is 0 Å². The Bertz CT molecular complexity index is 281. The van der Waals surface area contributed by atoms with Crippen molar-refractivity contribution in [3.05, 3.63) is 29.8 Å². The number of methoxy groups -OCH3 is 1. The molecule has 0 aliphatic carbocycles. The first-order valence-corrected chi connectivity index (χ1v) is 4.45. The highest BCUT2D eigenvalue weighted by Gasteiger charge is 2.21. The second kappa shape index (κ2) is 3.79. The van der Waals surface area contributed by atoms with E-state index in [1.165, 1.54) is 5.56 Å². The van der Waals surface area contributed by atoms with E-state index >= 15 is 0 Å². The molecule has 72 valence electrons. The average molecular weight is 179 g/mol. The van der Waals surface area contributed by atoms with Crippen LogP contribution in [-0.4, -0.2) is 13.7 Å². The van der Waals surface area contributed by atoms with Crippen LogP contribution in [-0.2, 0) is 5.41 Å². The van der Waals surface area contributed by atoms with Crippen LogP contribution in [0, 0.1) is 0 Å². The highest BCUT2D eigenvalue weighted by atomic mass is 16.5. The Balaban J connectivity index is 3.12. The Labute approximate surface area is 79.7 Å². The third-order valence-corrected chi connectivity index (χ3v) is 2.35. The van der Waals surface area contributed by atoms with Crippen molar-refractivity contribution in [1.82, 2.24) is 0 Å². The highest BCUT2D eigenvalue weighted by molar-refractivity contribution is 5.38. The molecule has 0 spiro atoms. The molecule has 13 heavy (non-hydrogen) atoms. The van der Waals surface area contributed by atoms with Gasteiger partial charge < -0.3 is 10.5 Å². The van der Waals surface area contributed by atoms with Gasteiger partial charge in [-0.15, -0.1) is 0 Å². The summed E-state index contributed by atoms with van der Waals surface area (Å²) in [6.07, 6.45) is 0. The molecule has 0 radical (unpaired) electrons. The van der Waals surface area contributed by atoms with E-state index in [0.29, 0.717) is 6.54 Å². The van der Waals surface area contributed by atoms with E-state index in [0.717, 1.165) is 5.75 Å². The molecule has 0 heterocycles. The van der Waals surface area contributed by atoms with Crippen LogP contribution in [0.2, 0.25) is 0 Å². The maximum absolute atomic E-state index is 5.71. The van der Waals surface area contributed by atoms with Crippen LogP contribution >= 0.6 is 0 Å². The quantitative estimate of drug-likeness (QED) is 0.769. The molecule has 0 aliphatic rings. The van der Waals surface area contributed by atoms with Crippen LogP contribution < -0.4 is 10.5 Å². The van der Waals surface area contributed by atoms with Crippen molar-refractivity contribution in [2.45, 2.75) is 19.3 Å². The second-order valence-corrected chi connectivity index (χ2v) is 3.79. The number of nitrogens with two attached hydrogens (primary N) is 1. The van der Waals surface area contributed by atoms with E-state index in [2.05, 4.69) is 19.9 Å². The Morgan fingerprint density at radius 1 is 1.31 bits per heavy atom. The molecule has 2 nitrogen and oxygen atoms in total. The van der Waals surface area contributed by atoms with Gasteiger partial charge in [0.1, 0.15) is 5.75 Å². The summed E-state index contributed by atoms with van der Waals surface area (Å²) in [4.78, 5) is 0. The first-order chi connectivity index (χ1) is 6.11. The van der Waals surface area contributed by atoms with Gasteiger partial charge in [-0.2, -0.15) is 0 Å². The Morgan fingerprint density at radius 2 is 1.92 bits per heavy atom. The van der Waals surface area contributed by atoms with Crippen molar-refractivity contribution in [2.24, 2.45) is 5.73 Å². The number of hydrogen-bond donors (Lipinski definition) is 1. The summed E-state index contributed by atoms with van der Waals surface area (Å²) < 4.78 is 5.28. The topological polar surface area (TPSA) is 35.2 Å². The Kier molecular flexibility index (Phi) is 2.94. The lowest BCUT2D eigenvalue weighted by molar-refractivity contribution is 0.393. The number of rotatable bonds is 3. The zero-order valence-corrected chi connectivity index (χ0v) is 8.50. The van der Waals surface area contributed by atoms with E-state index in [4.69, 9.17) is 10.5 Å². The maximum Gasteiger partial charge on any atom is 0.122 e. The Morgan fingerprint density at radius 3 is 2.46 bits per heavy atom. The normalized spacial score (nSPS) is 11.4. The summed E-state index contributed by atoms with van der Waals surface area (Å²) in [6.45, 7) is 4.85. The van der Waals surface area contributed by atoms with E-state index in [-0.39, 0.29) is 5.41 Å². The summed E-state index contributed by atoms with van der Waals surface area (Å²) in [5, 5.41) is 0. The zero-order valence-electron chi connectivity index (χ0n) is 8.50. The smallest absolute Gasteiger partial charge is 0.122 e. The molecule has 0 unspecified atom stereocenters. The highest BCUT2D eigenvalue weighted by Crippen LogP contribution is 2.30. The largest absolute Gasteiger partial charge is 0.496 e. The van der Waals surface area contributed by atoms with E-state index in [9.17, 15) is 0 Å². The van der Waals surface area contributed by atoms with E-state index in [1.807, 2.05) is 18.2 Å². The third kappa shape index (κ3) is 2.01. The van der Waals surface area contributed by atoms with Crippen LogP contribution in [0.5, 0.6) is 5.75 Å². The molecular weight excluding hydrogens is 162 g/mol. The minimum atomic E-state index is -0.0212. The predicted octanol–water partition coefficient (Wildman–Crippen LogP) is 1.93. The van der Waals surface area contributed by atoms with Gasteiger partial charge in [-0.3, -0.25) is 0 Å². The summed E-state index contributed by atoms with van der Waals surface area (Å²) in [7, 11) is 1.69. The molecular formula is C11H17NO. The molecule has 0 aromatic heterocycles. The van der Waals surface area contributed by atoms with Gasteiger partial charge >= 0.3 is 0 Å². The van der Waals surface area contributed by atoms with Gasteiger partial charge in [0.25, 0.3) is 0 Å². The van der Waals surface area contributed by atoms with Gasteiger partial charge in [0.2, 0.25) is 0 Å². The Hall–Kier alpha value is -1.02. The first-order valence-electron chi connectivity index (χ1n) is 4.45. The molecule has 0 atom stereocenters. The van der Waals surface area contributed by atoms with Crippen molar-refractivity contribution < 1.29 is 4.74 Å². The van der Waals surface area contributed by atoms with Gasteiger partial charge in [-0.05, 0) is 6.07 Å². The SMILES string of the molecule is COc1ccccc1C(C)(C)CN. The minimum Gasteiger partial charge on any atom is -0.496 e. The molecule has 2 N–H and O–H groups in total. The summed E-state index contributed by atoms with van der Waals surface area (Å²) in [5.41, 5.74) is 6.85. The fraction of sp³-hybridized carbons (Fsp3) is 0.455. The monoisotopic (exact) mass is 179 g/mol. The van der Waals surface area contributed by atoms with Crippen LogP contribution in [0.4, 0.5) is 0 Å². The average Bonchev–Trinajstić information content (AvgIpc) is 2.18. The standard InChI is InChI=1S/C11H17NO/c1-11(2,8-12)9-6-4-5-7-10(9)13-3/h4-7H,8,12H2,1-3H3. The van der Waals surface area contributed by atoms with Crippen LogP contribution in [0.15, 0.2) is 24.3 Å². The number of hydrogen-bond acceptors (Lipinski definition) is 2. The van der Waals surface area contributed by atoms with E-state index in [1.54, 1.807) is 7.11 Å². The third-order valence-electron chi connectivity index (χ3n) is 2.35. The second-order valence-electron chi connectivity index (χ2n) is 3.79. The molecule has 2 heteroatoms. The minimum absolute atomic E-state index is 0.0212. The number of para-hydroxylation sites is 1.